The lowest BCUT2D eigenvalue weighted by Gasteiger charge is -2.22. The third-order valence-corrected chi connectivity index (χ3v) is 11.6. The predicted molar refractivity (Wildman–Crippen MR) is 217 cm³/mol. The van der Waals surface area contributed by atoms with Crippen LogP contribution in [0.2, 0.25) is 10.0 Å². The number of carboxylic acid groups (broad SMARTS) is 1. The SMILES string of the molecule is Cc1cc(OCCCc2c3n(c4c(-c5c(C)nn(C)c5C)c(Cl)ccc24)CCCN(c2cc(C(=O)O)c4ccn(CCN(C)C)c4c2)C3=O)cc(C)c1Cl. The molecule has 12 heteroatoms. The van der Waals surface area contributed by atoms with Gasteiger partial charge in [0.05, 0.1) is 33.9 Å². The molecule has 0 radical (unpaired) electrons. The number of ether oxygens (including phenoxy) is 1. The monoisotopic (exact) mass is 768 g/mol. The number of carbonyl (C=O) groups is 2. The van der Waals surface area contributed by atoms with Crippen LogP contribution in [-0.2, 0) is 26.6 Å². The zero-order valence-corrected chi connectivity index (χ0v) is 33.4. The molecule has 1 aliphatic rings. The number of carbonyl (C=O) groups excluding carboxylic acids is 1. The molecule has 0 bridgehead atoms. The van der Waals surface area contributed by atoms with Gasteiger partial charge in [-0.15, -0.1) is 0 Å². The minimum atomic E-state index is -1.03. The normalized spacial score (nSPS) is 13.4. The molecule has 1 N–H and O–H groups in total. The Kier molecular flexibility index (Phi) is 10.3. The van der Waals surface area contributed by atoms with Crippen molar-refractivity contribution in [2.75, 3.05) is 38.7 Å². The van der Waals surface area contributed by atoms with E-state index in [1.165, 1.54) is 0 Å². The lowest BCUT2D eigenvalue weighted by atomic mass is 9.98. The minimum Gasteiger partial charge on any atom is -0.494 e. The molecule has 0 saturated heterocycles. The Labute approximate surface area is 325 Å². The predicted octanol–water partition coefficient (Wildman–Crippen LogP) is 8.86. The Morgan fingerprint density at radius 1 is 0.981 bits per heavy atom. The Morgan fingerprint density at radius 3 is 2.39 bits per heavy atom. The van der Waals surface area contributed by atoms with Gasteiger partial charge in [0.15, 0.2) is 0 Å². The number of carboxylic acids is 1. The number of benzene rings is 3. The zero-order valence-electron chi connectivity index (χ0n) is 31.9. The molecule has 0 aliphatic carbocycles. The highest BCUT2D eigenvalue weighted by molar-refractivity contribution is 6.35. The summed E-state index contributed by atoms with van der Waals surface area (Å²) in [5.74, 6) is -0.446. The number of fused-ring (bicyclic) bond motifs is 4. The lowest BCUT2D eigenvalue weighted by molar-refractivity contribution is 0.0698. The Bertz CT molecular complexity index is 2430. The van der Waals surface area contributed by atoms with Crippen molar-refractivity contribution >= 4 is 62.6 Å². The minimum absolute atomic E-state index is 0.172. The van der Waals surface area contributed by atoms with E-state index in [4.69, 9.17) is 33.0 Å². The van der Waals surface area contributed by atoms with E-state index < -0.39 is 5.97 Å². The topological polar surface area (TPSA) is 97.8 Å². The molecule has 1 aliphatic heterocycles. The number of rotatable bonds is 11. The van der Waals surface area contributed by atoms with Crippen LogP contribution in [0.25, 0.3) is 32.9 Å². The number of aromatic carboxylic acids is 1. The van der Waals surface area contributed by atoms with Gasteiger partial charge in [0, 0.05) is 77.7 Å². The molecule has 6 aromatic rings. The molecule has 0 saturated carbocycles. The highest BCUT2D eigenvalue weighted by Crippen LogP contribution is 2.43. The molecule has 282 valence electrons. The highest BCUT2D eigenvalue weighted by Gasteiger charge is 2.33. The molecule has 0 spiro atoms. The smallest absolute Gasteiger partial charge is 0.336 e. The molecule has 1 amide bonds. The first kappa shape index (κ1) is 37.5. The van der Waals surface area contributed by atoms with Crippen molar-refractivity contribution in [3.63, 3.8) is 0 Å². The first-order chi connectivity index (χ1) is 25.8. The molecule has 0 fully saturated rings. The second-order valence-electron chi connectivity index (χ2n) is 14.6. The first-order valence-corrected chi connectivity index (χ1v) is 19.1. The van der Waals surface area contributed by atoms with Gasteiger partial charge >= 0.3 is 5.97 Å². The van der Waals surface area contributed by atoms with Gasteiger partial charge in [0.1, 0.15) is 11.4 Å². The first-order valence-electron chi connectivity index (χ1n) is 18.3. The molecule has 0 atom stereocenters. The van der Waals surface area contributed by atoms with Crippen LogP contribution in [-0.4, -0.2) is 74.6 Å². The van der Waals surface area contributed by atoms with Gasteiger partial charge in [0.2, 0.25) is 0 Å². The van der Waals surface area contributed by atoms with Crippen molar-refractivity contribution in [1.29, 1.82) is 0 Å². The van der Waals surface area contributed by atoms with Crippen molar-refractivity contribution < 1.29 is 19.4 Å². The fraction of sp³-hybridized carbons (Fsp3) is 0.357. The standard InChI is InChI=1S/C42H46Cl2N6O4/c1-24-20-29(21-25(2)38(24)44)54-19-8-10-31-32-11-12-34(43)37(36-26(3)45-47(7)27(36)4)39(32)50-15-9-14-49(41(51)40(31)50)28-22-33(42(52)53)30-13-16-48(35(30)23-28)18-17-46(5)6/h11-13,16,20-23H,8-10,14-15,17-19H2,1-7H3,(H,52,53). The van der Waals surface area contributed by atoms with Crippen molar-refractivity contribution in [1.82, 2.24) is 23.8 Å². The average molecular weight is 770 g/mol. The summed E-state index contributed by atoms with van der Waals surface area (Å²) in [5, 5.41) is 18.0. The quantitative estimate of drug-likeness (QED) is 0.132. The van der Waals surface area contributed by atoms with Gasteiger partial charge in [-0.05, 0) is 114 Å². The number of halogens is 2. The molecule has 4 heterocycles. The summed E-state index contributed by atoms with van der Waals surface area (Å²) in [7, 11) is 5.94. The second kappa shape index (κ2) is 14.8. The van der Waals surface area contributed by atoms with Crippen LogP contribution in [0.15, 0.2) is 48.7 Å². The summed E-state index contributed by atoms with van der Waals surface area (Å²) >= 11 is 13.5. The zero-order chi connectivity index (χ0) is 38.6. The van der Waals surface area contributed by atoms with E-state index in [0.29, 0.717) is 67.3 Å². The number of hydrogen-bond acceptors (Lipinski definition) is 5. The number of anilines is 1. The lowest BCUT2D eigenvalue weighted by Crippen LogP contribution is -2.32. The molecule has 3 aromatic carbocycles. The fourth-order valence-electron chi connectivity index (χ4n) is 7.99. The largest absolute Gasteiger partial charge is 0.494 e. The fourth-order valence-corrected chi connectivity index (χ4v) is 8.35. The van der Waals surface area contributed by atoms with Gasteiger partial charge in [-0.25, -0.2) is 4.79 Å². The third-order valence-electron chi connectivity index (χ3n) is 10.7. The second-order valence-corrected chi connectivity index (χ2v) is 15.4. The van der Waals surface area contributed by atoms with Crippen LogP contribution in [0.5, 0.6) is 5.75 Å². The van der Waals surface area contributed by atoms with E-state index in [1.54, 1.807) is 11.0 Å². The number of likely N-dealkylation sites (N-methyl/N-ethyl adjacent to an activating group) is 1. The number of aromatic nitrogens is 4. The Balaban J connectivity index is 1.36. The molecule has 7 rings (SSSR count). The number of nitrogens with zero attached hydrogens (tertiary/aromatic N) is 6. The maximum Gasteiger partial charge on any atom is 0.336 e. The summed E-state index contributed by atoms with van der Waals surface area (Å²) in [6.07, 6.45) is 3.80. The van der Waals surface area contributed by atoms with E-state index in [1.807, 2.05) is 96.1 Å². The Morgan fingerprint density at radius 2 is 1.72 bits per heavy atom. The van der Waals surface area contributed by atoms with Gasteiger partial charge in [-0.2, -0.15) is 5.10 Å². The van der Waals surface area contributed by atoms with Gasteiger partial charge in [0.25, 0.3) is 5.91 Å². The van der Waals surface area contributed by atoms with Crippen molar-refractivity contribution in [2.24, 2.45) is 7.05 Å². The van der Waals surface area contributed by atoms with Gasteiger partial charge in [-0.3, -0.25) is 9.48 Å². The molecule has 10 nitrogen and oxygen atoms in total. The van der Waals surface area contributed by atoms with Gasteiger partial charge < -0.3 is 28.8 Å². The highest BCUT2D eigenvalue weighted by atomic mass is 35.5. The summed E-state index contributed by atoms with van der Waals surface area (Å²) in [4.78, 5) is 31.7. The third kappa shape index (κ3) is 6.65. The summed E-state index contributed by atoms with van der Waals surface area (Å²) in [5.41, 5.74) is 9.51. The van der Waals surface area contributed by atoms with Crippen LogP contribution in [0.4, 0.5) is 5.69 Å². The average Bonchev–Trinajstić information content (AvgIpc) is 3.71. The van der Waals surface area contributed by atoms with Gasteiger partial charge in [-0.1, -0.05) is 29.3 Å². The van der Waals surface area contributed by atoms with Crippen molar-refractivity contribution in [3.8, 4) is 16.9 Å². The molecular formula is C42H46Cl2N6O4. The number of amides is 1. The van der Waals surface area contributed by atoms with Crippen LogP contribution in [0.3, 0.4) is 0 Å². The van der Waals surface area contributed by atoms with Crippen molar-refractivity contribution in [2.45, 2.75) is 60.0 Å². The summed E-state index contributed by atoms with van der Waals surface area (Å²) in [6.45, 7) is 10.9. The van der Waals surface area contributed by atoms with E-state index in [2.05, 4.69) is 14.0 Å². The molecule has 54 heavy (non-hydrogen) atoms. The van der Waals surface area contributed by atoms with Crippen LogP contribution in [0, 0.1) is 27.7 Å². The molecule has 0 unspecified atom stereocenters. The van der Waals surface area contributed by atoms with Crippen molar-refractivity contribution in [3.05, 3.63) is 98.0 Å². The van der Waals surface area contributed by atoms with Crippen LogP contribution < -0.4 is 9.64 Å². The summed E-state index contributed by atoms with van der Waals surface area (Å²) in [6, 6.07) is 13.3. The van der Waals surface area contributed by atoms with E-state index in [9.17, 15) is 9.90 Å². The number of hydrogen-bond donors (Lipinski definition) is 1. The Hall–Kier alpha value is -4.77. The van der Waals surface area contributed by atoms with E-state index in [-0.39, 0.29) is 11.5 Å². The maximum absolute atomic E-state index is 15.2. The maximum atomic E-state index is 15.2. The molecule has 3 aromatic heterocycles. The van der Waals surface area contributed by atoms with Crippen LogP contribution in [0.1, 0.15) is 61.8 Å². The number of aryl methyl sites for hydroxylation is 6. The molecular weight excluding hydrogens is 723 g/mol. The van der Waals surface area contributed by atoms with E-state index >= 15 is 4.79 Å². The summed E-state index contributed by atoms with van der Waals surface area (Å²) < 4.78 is 12.3. The van der Waals surface area contributed by atoms with Crippen LogP contribution >= 0.6 is 23.2 Å². The van der Waals surface area contributed by atoms with E-state index in [0.717, 1.165) is 72.9 Å².